The Morgan fingerprint density at radius 3 is 2.48 bits per heavy atom. The second-order valence-electron chi connectivity index (χ2n) is 6.18. The normalized spacial score (nSPS) is 24.1. The summed E-state index contributed by atoms with van der Waals surface area (Å²) >= 11 is 0. The molecule has 1 aliphatic heterocycles. The van der Waals surface area contributed by atoms with Gasteiger partial charge in [-0.15, -0.1) is 0 Å². The third-order valence-electron chi connectivity index (χ3n) is 3.85. The summed E-state index contributed by atoms with van der Waals surface area (Å²) in [6.45, 7) is 13.7. The van der Waals surface area contributed by atoms with Crippen molar-refractivity contribution in [3.05, 3.63) is 0 Å². The third kappa shape index (κ3) is 8.27. The van der Waals surface area contributed by atoms with E-state index in [1.165, 1.54) is 19.5 Å². The molecule has 0 saturated carbocycles. The molecule has 0 radical (unpaired) electrons. The SMILES string of the molecule is CCOCCCNC(=NC)NCCN1CC(C)CC(C)C1. The van der Waals surface area contributed by atoms with Gasteiger partial charge in [0.15, 0.2) is 5.96 Å². The molecule has 1 heterocycles. The first-order valence-electron chi connectivity index (χ1n) is 8.40. The van der Waals surface area contributed by atoms with Crippen molar-refractivity contribution in [2.75, 3.05) is 53.0 Å². The van der Waals surface area contributed by atoms with Crippen LogP contribution >= 0.6 is 0 Å². The van der Waals surface area contributed by atoms with Crippen LogP contribution in [0.15, 0.2) is 4.99 Å². The lowest BCUT2D eigenvalue weighted by Crippen LogP contribution is -2.45. The molecule has 1 rings (SSSR count). The predicted molar refractivity (Wildman–Crippen MR) is 89.9 cm³/mol. The lowest BCUT2D eigenvalue weighted by atomic mass is 9.92. The van der Waals surface area contributed by atoms with E-state index in [1.807, 2.05) is 14.0 Å². The van der Waals surface area contributed by atoms with Crippen molar-refractivity contribution in [2.24, 2.45) is 16.8 Å². The minimum absolute atomic E-state index is 0.791. The van der Waals surface area contributed by atoms with E-state index in [4.69, 9.17) is 4.74 Å². The van der Waals surface area contributed by atoms with E-state index in [9.17, 15) is 0 Å². The fourth-order valence-corrected chi connectivity index (χ4v) is 3.05. The number of nitrogens with zero attached hydrogens (tertiary/aromatic N) is 2. The van der Waals surface area contributed by atoms with Crippen molar-refractivity contribution in [1.29, 1.82) is 0 Å². The molecule has 0 amide bonds. The minimum Gasteiger partial charge on any atom is -0.382 e. The van der Waals surface area contributed by atoms with Gasteiger partial charge in [-0.05, 0) is 31.6 Å². The van der Waals surface area contributed by atoms with Gasteiger partial charge in [0.05, 0.1) is 0 Å². The van der Waals surface area contributed by atoms with Crippen LogP contribution in [0.1, 0.15) is 33.6 Å². The number of guanidine groups is 1. The number of ether oxygens (including phenoxy) is 1. The molecule has 2 N–H and O–H groups in total. The van der Waals surface area contributed by atoms with Crippen LogP contribution in [-0.4, -0.2) is 63.8 Å². The summed E-state index contributed by atoms with van der Waals surface area (Å²) in [5, 5.41) is 6.72. The molecular formula is C16H34N4O. The molecule has 21 heavy (non-hydrogen) atoms. The Morgan fingerprint density at radius 2 is 1.86 bits per heavy atom. The Kier molecular flexibility index (Phi) is 9.42. The van der Waals surface area contributed by atoms with Gasteiger partial charge in [-0.25, -0.2) is 0 Å². The fourth-order valence-electron chi connectivity index (χ4n) is 3.05. The summed E-state index contributed by atoms with van der Waals surface area (Å²) in [7, 11) is 1.82. The first-order chi connectivity index (χ1) is 10.2. The zero-order chi connectivity index (χ0) is 15.5. The molecule has 2 atom stereocenters. The van der Waals surface area contributed by atoms with Crippen LogP contribution in [0, 0.1) is 11.8 Å². The highest BCUT2D eigenvalue weighted by Gasteiger charge is 2.21. The first kappa shape index (κ1) is 18.2. The van der Waals surface area contributed by atoms with Crippen molar-refractivity contribution < 1.29 is 4.74 Å². The lowest BCUT2D eigenvalue weighted by Gasteiger charge is -2.35. The number of nitrogens with one attached hydrogen (secondary N) is 2. The van der Waals surface area contributed by atoms with Gasteiger partial charge in [-0.2, -0.15) is 0 Å². The molecule has 0 bridgehead atoms. The van der Waals surface area contributed by atoms with E-state index >= 15 is 0 Å². The monoisotopic (exact) mass is 298 g/mol. The van der Waals surface area contributed by atoms with Gasteiger partial charge in [0.1, 0.15) is 0 Å². The van der Waals surface area contributed by atoms with Crippen LogP contribution in [-0.2, 0) is 4.74 Å². The van der Waals surface area contributed by atoms with Gasteiger partial charge >= 0.3 is 0 Å². The van der Waals surface area contributed by atoms with E-state index in [-0.39, 0.29) is 0 Å². The van der Waals surface area contributed by atoms with Gasteiger partial charge in [0.25, 0.3) is 0 Å². The zero-order valence-electron chi connectivity index (χ0n) is 14.3. The Hall–Kier alpha value is -0.810. The average molecular weight is 298 g/mol. The fraction of sp³-hybridized carbons (Fsp3) is 0.938. The van der Waals surface area contributed by atoms with Crippen LogP contribution in [0.3, 0.4) is 0 Å². The quantitative estimate of drug-likeness (QED) is 0.406. The topological polar surface area (TPSA) is 48.9 Å². The molecule has 1 fully saturated rings. The highest BCUT2D eigenvalue weighted by molar-refractivity contribution is 5.79. The van der Waals surface area contributed by atoms with Crippen LogP contribution in [0.2, 0.25) is 0 Å². The summed E-state index contributed by atoms with van der Waals surface area (Å²) in [4.78, 5) is 6.82. The maximum absolute atomic E-state index is 5.32. The molecule has 2 unspecified atom stereocenters. The summed E-state index contributed by atoms with van der Waals surface area (Å²) in [5.41, 5.74) is 0. The highest BCUT2D eigenvalue weighted by Crippen LogP contribution is 2.20. The zero-order valence-corrected chi connectivity index (χ0v) is 14.3. The van der Waals surface area contributed by atoms with E-state index in [1.54, 1.807) is 0 Å². The Bertz CT molecular complexity index is 286. The van der Waals surface area contributed by atoms with Crippen LogP contribution in [0.5, 0.6) is 0 Å². The number of hydrogen-bond acceptors (Lipinski definition) is 3. The van der Waals surface area contributed by atoms with Gasteiger partial charge in [0.2, 0.25) is 0 Å². The largest absolute Gasteiger partial charge is 0.382 e. The average Bonchev–Trinajstić information content (AvgIpc) is 2.44. The summed E-state index contributed by atoms with van der Waals surface area (Å²) in [5.74, 6) is 2.54. The van der Waals surface area contributed by atoms with Crippen LogP contribution < -0.4 is 10.6 Å². The molecule has 5 heteroatoms. The van der Waals surface area contributed by atoms with E-state index in [2.05, 4.69) is 34.4 Å². The summed E-state index contributed by atoms with van der Waals surface area (Å²) in [6.07, 6.45) is 2.38. The molecule has 0 aromatic carbocycles. The minimum atomic E-state index is 0.791. The third-order valence-corrected chi connectivity index (χ3v) is 3.85. The number of likely N-dealkylation sites (tertiary alicyclic amines) is 1. The summed E-state index contributed by atoms with van der Waals surface area (Å²) in [6, 6.07) is 0. The molecular weight excluding hydrogens is 264 g/mol. The van der Waals surface area contributed by atoms with Crippen molar-refractivity contribution in [2.45, 2.75) is 33.6 Å². The number of aliphatic imine (C=N–C) groups is 1. The van der Waals surface area contributed by atoms with Gasteiger partial charge in [0, 0.05) is 53.0 Å². The molecule has 0 aliphatic carbocycles. The maximum atomic E-state index is 5.32. The first-order valence-corrected chi connectivity index (χ1v) is 8.40. The van der Waals surface area contributed by atoms with Gasteiger partial charge < -0.3 is 20.3 Å². The van der Waals surface area contributed by atoms with Gasteiger partial charge in [-0.1, -0.05) is 13.8 Å². The lowest BCUT2D eigenvalue weighted by molar-refractivity contribution is 0.143. The molecule has 0 aromatic heterocycles. The number of piperidine rings is 1. The number of hydrogen-bond donors (Lipinski definition) is 2. The van der Waals surface area contributed by atoms with E-state index < -0.39 is 0 Å². The predicted octanol–water partition coefficient (Wildman–Crippen LogP) is 1.56. The van der Waals surface area contributed by atoms with Crippen LogP contribution in [0.4, 0.5) is 0 Å². The molecule has 1 saturated heterocycles. The standard InChI is InChI=1S/C16H34N4O/c1-5-21-10-6-7-18-16(17-4)19-8-9-20-12-14(2)11-15(3)13-20/h14-15H,5-13H2,1-4H3,(H2,17,18,19). The van der Waals surface area contributed by atoms with Crippen molar-refractivity contribution in [3.63, 3.8) is 0 Å². The molecule has 0 aromatic rings. The van der Waals surface area contributed by atoms with Gasteiger partial charge in [-0.3, -0.25) is 4.99 Å². The molecule has 124 valence electrons. The van der Waals surface area contributed by atoms with Crippen LogP contribution in [0.25, 0.3) is 0 Å². The van der Waals surface area contributed by atoms with Crippen molar-refractivity contribution in [3.8, 4) is 0 Å². The summed E-state index contributed by atoms with van der Waals surface area (Å²) < 4.78 is 5.32. The smallest absolute Gasteiger partial charge is 0.191 e. The highest BCUT2D eigenvalue weighted by atomic mass is 16.5. The second-order valence-corrected chi connectivity index (χ2v) is 6.18. The van der Waals surface area contributed by atoms with E-state index in [0.717, 1.165) is 57.1 Å². The Balaban J connectivity index is 2.11. The van der Waals surface area contributed by atoms with Crippen molar-refractivity contribution >= 4 is 5.96 Å². The molecule has 5 nitrogen and oxygen atoms in total. The van der Waals surface area contributed by atoms with Crippen molar-refractivity contribution in [1.82, 2.24) is 15.5 Å². The maximum Gasteiger partial charge on any atom is 0.191 e. The Morgan fingerprint density at radius 1 is 1.19 bits per heavy atom. The second kappa shape index (κ2) is 10.9. The molecule has 0 spiro atoms. The number of rotatable bonds is 8. The molecule has 1 aliphatic rings. The Labute approximate surface area is 130 Å². The van der Waals surface area contributed by atoms with E-state index in [0.29, 0.717) is 0 Å².